The smallest absolute Gasteiger partial charge is 0.305 e. The number of para-hydroxylation sites is 2. The molecule has 0 aliphatic heterocycles. The Balaban J connectivity index is 1.47. The summed E-state index contributed by atoms with van der Waals surface area (Å²) >= 11 is 0. The molecular weight excluding hydrogens is 733 g/mol. The van der Waals surface area contributed by atoms with E-state index in [4.69, 9.17) is 9.47 Å². The Bertz CT molecular complexity index is 1240. The Labute approximate surface area is 362 Å². The molecule has 0 bridgehead atoms. The molecule has 59 heavy (non-hydrogen) atoms. The van der Waals surface area contributed by atoms with Crippen molar-refractivity contribution in [1.82, 2.24) is 0 Å². The van der Waals surface area contributed by atoms with E-state index in [2.05, 4.69) is 26.0 Å². The van der Waals surface area contributed by atoms with Crippen LogP contribution in [0.1, 0.15) is 243 Å². The number of aromatic hydroxyl groups is 2. The molecule has 2 rings (SSSR count). The van der Waals surface area contributed by atoms with Crippen LogP contribution in [0.3, 0.4) is 0 Å². The molecule has 0 heterocycles. The van der Waals surface area contributed by atoms with Gasteiger partial charge in [0, 0.05) is 18.3 Å². The number of esters is 2. The van der Waals surface area contributed by atoms with E-state index in [0.29, 0.717) is 36.2 Å². The molecule has 0 fully saturated rings. The second-order valence-electron chi connectivity index (χ2n) is 18.4. The van der Waals surface area contributed by atoms with Crippen LogP contribution in [0, 0.1) is 5.41 Å². The molecule has 0 aliphatic carbocycles. The number of phenols is 2. The third kappa shape index (κ3) is 26.0. The van der Waals surface area contributed by atoms with Crippen molar-refractivity contribution in [2.45, 2.75) is 232 Å². The average molecular weight is 821 g/mol. The Kier molecular flexibility index (Phi) is 29.7. The lowest BCUT2D eigenvalue weighted by Gasteiger charge is -2.23. The third-order valence-electron chi connectivity index (χ3n) is 12.2. The second-order valence-corrected chi connectivity index (χ2v) is 18.4. The number of hydrogen-bond donors (Lipinski definition) is 2. The van der Waals surface area contributed by atoms with Gasteiger partial charge in [-0.05, 0) is 73.6 Å². The number of carbonyl (C=O) groups is 2. The molecule has 0 spiro atoms. The first-order chi connectivity index (χ1) is 28.7. The van der Waals surface area contributed by atoms with Gasteiger partial charge in [0.2, 0.25) is 0 Å². The lowest BCUT2D eigenvalue weighted by molar-refractivity contribution is -0.152. The first-order valence-corrected chi connectivity index (χ1v) is 24.5. The van der Waals surface area contributed by atoms with Gasteiger partial charge in [0.1, 0.15) is 11.5 Å². The Hall–Kier alpha value is -3.02. The summed E-state index contributed by atoms with van der Waals surface area (Å²) in [7, 11) is 0. The summed E-state index contributed by atoms with van der Waals surface area (Å²) in [5, 5.41) is 20.9. The van der Waals surface area contributed by atoms with Gasteiger partial charge in [-0.3, -0.25) is 9.59 Å². The van der Waals surface area contributed by atoms with E-state index in [0.717, 1.165) is 75.3 Å². The second kappa shape index (κ2) is 33.7. The number of ether oxygens (including phenoxy) is 2. The van der Waals surface area contributed by atoms with Crippen LogP contribution >= 0.6 is 0 Å². The lowest BCUT2D eigenvalue weighted by atomic mass is 9.87. The van der Waals surface area contributed by atoms with E-state index >= 15 is 0 Å². The van der Waals surface area contributed by atoms with Crippen LogP contribution in [0.4, 0.5) is 0 Å². The fourth-order valence-corrected chi connectivity index (χ4v) is 8.39. The Morgan fingerprint density at radius 1 is 0.458 bits per heavy atom. The minimum Gasteiger partial charge on any atom is -0.508 e. The van der Waals surface area contributed by atoms with E-state index < -0.39 is 5.41 Å². The first kappa shape index (κ1) is 52.1. The van der Waals surface area contributed by atoms with Gasteiger partial charge in [0.15, 0.2) is 0 Å². The number of unbranched alkanes of at least 4 members (excludes halogenated alkanes) is 20. The number of carbonyl (C=O) groups excluding carboxylic acids is 2. The molecule has 0 aliphatic rings. The Morgan fingerprint density at radius 3 is 1.07 bits per heavy atom. The van der Waals surface area contributed by atoms with Crippen LogP contribution in [0.2, 0.25) is 0 Å². The quantitative estimate of drug-likeness (QED) is 0.0518. The van der Waals surface area contributed by atoms with Gasteiger partial charge < -0.3 is 19.7 Å². The molecular formula is C53H88O6. The highest BCUT2D eigenvalue weighted by Gasteiger charge is 2.23. The molecule has 6 nitrogen and oxygen atoms in total. The molecule has 2 N–H and O–H groups in total. The minimum atomic E-state index is -0.411. The highest BCUT2D eigenvalue weighted by molar-refractivity contribution is 5.69. The van der Waals surface area contributed by atoms with Gasteiger partial charge in [-0.2, -0.15) is 0 Å². The first-order valence-electron chi connectivity index (χ1n) is 24.5. The van der Waals surface area contributed by atoms with Crippen LogP contribution in [0.25, 0.3) is 0 Å². The summed E-state index contributed by atoms with van der Waals surface area (Å²) in [4.78, 5) is 24.9. The minimum absolute atomic E-state index is 0.164. The molecule has 0 amide bonds. The van der Waals surface area contributed by atoms with Gasteiger partial charge in [0.25, 0.3) is 0 Å². The predicted molar refractivity (Wildman–Crippen MR) is 247 cm³/mol. The van der Waals surface area contributed by atoms with Crippen LogP contribution in [0.15, 0.2) is 48.5 Å². The van der Waals surface area contributed by atoms with Crippen molar-refractivity contribution in [2.24, 2.45) is 5.41 Å². The van der Waals surface area contributed by atoms with Crippen molar-refractivity contribution in [3.63, 3.8) is 0 Å². The molecule has 0 saturated carbocycles. The van der Waals surface area contributed by atoms with Crippen molar-refractivity contribution < 1.29 is 29.3 Å². The zero-order valence-electron chi connectivity index (χ0n) is 38.4. The summed E-state index contributed by atoms with van der Waals surface area (Å²) in [6.07, 6.45) is 33.9. The van der Waals surface area contributed by atoms with Crippen LogP contribution in [0.5, 0.6) is 11.5 Å². The molecule has 0 radical (unpaired) electrons. The monoisotopic (exact) mass is 821 g/mol. The number of hydrogen-bond acceptors (Lipinski definition) is 6. The van der Waals surface area contributed by atoms with Crippen molar-refractivity contribution in [3.8, 4) is 11.5 Å². The van der Waals surface area contributed by atoms with Gasteiger partial charge >= 0.3 is 11.9 Å². The topological polar surface area (TPSA) is 93.1 Å². The number of rotatable bonds is 38. The Morgan fingerprint density at radius 2 is 0.746 bits per heavy atom. The van der Waals surface area contributed by atoms with Crippen molar-refractivity contribution in [2.75, 3.05) is 13.2 Å². The van der Waals surface area contributed by atoms with Crippen molar-refractivity contribution in [3.05, 3.63) is 59.7 Å². The molecule has 0 aromatic heterocycles. The lowest BCUT2D eigenvalue weighted by Crippen LogP contribution is -2.28. The van der Waals surface area contributed by atoms with E-state index in [1.165, 1.54) is 116 Å². The zero-order chi connectivity index (χ0) is 42.8. The van der Waals surface area contributed by atoms with Crippen molar-refractivity contribution >= 4 is 11.9 Å². The predicted octanol–water partition coefficient (Wildman–Crippen LogP) is 15.8. The zero-order valence-corrected chi connectivity index (χ0v) is 38.4. The number of benzene rings is 2. The van der Waals surface area contributed by atoms with E-state index in [1.807, 2.05) is 50.2 Å². The van der Waals surface area contributed by atoms with Gasteiger partial charge in [-0.1, -0.05) is 205 Å². The fourth-order valence-electron chi connectivity index (χ4n) is 8.39. The summed E-state index contributed by atoms with van der Waals surface area (Å²) in [6, 6.07) is 15.8. The molecule has 2 unspecified atom stereocenters. The standard InChI is InChI=1S/C53H88O6/c1-5-7-9-17-23-33-45(47-37-29-31-39-49(47)54)35-25-19-13-11-15-21-27-41-51(56)58-43-53(3,4)44-59-52(57)42-28-22-16-12-14-20-26-36-46(34-24-18-10-8-6-2)48-38-30-32-40-50(48)55/h29-32,37-40,45-46,54-55H,5-28,33-36,41-44H2,1-4H3. The van der Waals surface area contributed by atoms with Crippen LogP contribution in [-0.4, -0.2) is 35.4 Å². The summed E-state index contributed by atoms with van der Waals surface area (Å²) in [5.74, 6) is 1.45. The third-order valence-corrected chi connectivity index (χ3v) is 12.2. The maximum absolute atomic E-state index is 12.4. The molecule has 6 heteroatoms. The maximum Gasteiger partial charge on any atom is 0.305 e. The average Bonchev–Trinajstić information content (AvgIpc) is 3.22. The summed E-state index contributed by atoms with van der Waals surface area (Å²) in [5.41, 5.74) is 1.83. The highest BCUT2D eigenvalue weighted by Crippen LogP contribution is 2.35. The number of phenolic OH excluding ortho intramolecular Hbond substituents is 2. The SMILES string of the molecule is CCCCCCCC(CCCCCCCCCC(=O)OCC(C)(C)COC(=O)CCCCCCCCCC(CCCCCCC)c1ccccc1O)c1ccccc1O. The molecule has 2 aromatic carbocycles. The summed E-state index contributed by atoms with van der Waals surface area (Å²) < 4.78 is 11.2. The van der Waals surface area contributed by atoms with Gasteiger partial charge in [0.05, 0.1) is 13.2 Å². The maximum atomic E-state index is 12.4. The van der Waals surface area contributed by atoms with E-state index in [9.17, 15) is 19.8 Å². The fraction of sp³-hybridized carbons (Fsp3) is 0.736. The molecule has 2 atom stereocenters. The molecule has 2 aromatic rings. The van der Waals surface area contributed by atoms with Crippen LogP contribution < -0.4 is 0 Å². The largest absolute Gasteiger partial charge is 0.508 e. The van der Waals surface area contributed by atoms with E-state index in [-0.39, 0.29) is 25.2 Å². The van der Waals surface area contributed by atoms with Gasteiger partial charge in [-0.15, -0.1) is 0 Å². The molecule has 336 valence electrons. The normalized spacial score (nSPS) is 12.7. The highest BCUT2D eigenvalue weighted by atomic mass is 16.5. The van der Waals surface area contributed by atoms with Crippen molar-refractivity contribution in [1.29, 1.82) is 0 Å². The van der Waals surface area contributed by atoms with E-state index in [1.54, 1.807) is 0 Å². The van der Waals surface area contributed by atoms with Crippen LogP contribution in [-0.2, 0) is 19.1 Å². The van der Waals surface area contributed by atoms with Gasteiger partial charge in [-0.25, -0.2) is 0 Å². The molecule has 0 saturated heterocycles. The summed E-state index contributed by atoms with van der Waals surface area (Å²) in [6.45, 7) is 8.97.